The molecule has 1 aromatic carbocycles. The highest BCUT2D eigenvalue weighted by Gasteiger charge is 2.29. The van der Waals surface area contributed by atoms with Crippen molar-refractivity contribution in [1.82, 2.24) is 19.9 Å². The molecule has 1 aliphatic rings. The second-order valence-corrected chi connectivity index (χ2v) is 8.13. The van der Waals surface area contributed by atoms with Crippen molar-refractivity contribution in [2.24, 2.45) is 11.8 Å². The molecule has 0 saturated carbocycles. The van der Waals surface area contributed by atoms with Crippen molar-refractivity contribution >= 4 is 17.5 Å². The number of benzene rings is 1. The zero-order valence-corrected chi connectivity index (χ0v) is 16.6. The Balaban J connectivity index is 1.56. The van der Waals surface area contributed by atoms with Gasteiger partial charge in [-0.05, 0) is 42.7 Å². The van der Waals surface area contributed by atoms with Gasteiger partial charge in [0.15, 0.2) is 5.69 Å². The van der Waals surface area contributed by atoms with Crippen molar-refractivity contribution in [2.45, 2.75) is 45.8 Å². The van der Waals surface area contributed by atoms with Gasteiger partial charge in [0.2, 0.25) is 0 Å². The normalized spacial score (nSPS) is 16.7. The molecule has 27 heavy (non-hydrogen) atoms. The van der Waals surface area contributed by atoms with Gasteiger partial charge in [-0.25, -0.2) is 4.68 Å². The number of nitrogens with zero attached hydrogens (tertiary/aromatic N) is 4. The number of hydrogen-bond donors (Lipinski definition) is 1. The van der Waals surface area contributed by atoms with Crippen molar-refractivity contribution in [2.75, 3.05) is 13.1 Å². The van der Waals surface area contributed by atoms with Crippen LogP contribution in [-0.4, -0.2) is 50.1 Å². The third-order valence-electron chi connectivity index (χ3n) is 5.13. The Labute approximate surface area is 165 Å². The molecule has 0 radical (unpaired) electrons. The van der Waals surface area contributed by atoms with Crippen molar-refractivity contribution in [1.29, 1.82) is 0 Å². The van der Waals surface area contributed by atoms with Gasteiger partial charge in [0.25, 0.3) is 5.91 Å². The van der Waals surface area contributed by atoms with Gasteiger partial charge in [-0.3, -0.25) is 4.79 Å². The summed E-state index contributed by atoms with van der Waals surface area (Å²) in [6.07, 6.45) is 3.86. The largest absolute Gasteiger partial charge is 0.393 e. The minimum atomic E-state index is -0.279. The molecule has 1 N–H and O–H groups in total. The minimum absolute atomic E-state index is 0.0998. The maximum absolute atomic E-state index is 12.7. The van der Waals surface area contributed by atoms with E-state index in [9.17, 15) is 9.90 Å². The molecule has 146 valence electrons. The molecule has 1 aliphatic heterocycles. The van der Waals surface area contributed by atoms with E-state index in [1.165, 1.54) is 0 Å². The van der Waals surface area contributed by atoms with Gasteiger partial charge in [-0.15, -0.1) is 5.10 Å². The number of hydrogen-bond acceptors (Lipinski definition) is 4. The molecule has 1 atom stereocenters. The Morgan fingerprint density at radius 2 is 2.00 bits per heavy atom. The third-order valence-corrected chi connectivity index (χ3v) is 5.50. The smallest absolute Gasteiger partial charge is 0.276 e. The first-order valence-electron chi connectivity index (χ1n) is 9.55. The Morgan fingerprint density at radius 1 is 1.30 bits per heavy atom. The Kier molecular flexibility index (Phi) is 6.50. The van der Waals surface area contributed by atoms with Crippen LogP contribution in [0.5, 0.6) is 0 Å². The molecular weight excluding hydrogens is 364 g/mol. The van der Waals surface area contributed by atoms with Crippen LogP contribution in [0.2, 0.25) is 5.02 Å². The molecule has 7 heteroatoms. The molecule has 0 aliphatic carbocycles. The number of piperidine rings is 1. The second kappa shape index (κ2) is 8.85. The fraction of sp³-hybridized carbons (Fsp3) is 0.550. The Hall–Kier alpha value is -1.92. The molecule has 6 nitrogen and oxygen atoms in total. The number of carbonyl (C=O) groups excluding carboxylic acids is 1. The molecular formula is C20H27ClN4O2. The van der Waals surface area contributed by atoms with Crippen LogP contribution in [0.4, 0.5) is 0 Å². The van der Waals surface area contributed by atoms with E-state index >= 15 is 0 Å². The number of rotatable bonds is 6. The van der Waals surface area contributed by atoms with Crippen LogP contribution in [0.3, 0.4) is 0 Å². The first-order chi connectivity index (χ1) is 12.9. The number of aliphatic hydroxyl groups excluding tert-OH is 1. The molecule has 3 rings (SSSR count). The Morgan fingerprint density at radius 3 is 2.67 bits per heavy atom. The number of aliphatic hydroxyl groups is 1. The summed E-state index contributed by atoms with van der Waals surface area (Å²) < 4.78 is 1.63. The van der Waals surface area contributed by atoms with Crippen LogP contribution in [0.25, 0.3) is 0 Å². The van der Waals surface area contributed by atoms with Crippen LogP contribution < -0.4 is 0 Å². The topological polar surface area (TPSA) is 71.2 Å². The number of amides is 1. The maximum Gasteiger partial charge on any atom is 0.276 e. The first-order valence-corrected chi connectivity index (χ1v) is 9.92. The van der Waals surface area contributed by atoms with Crippen molar-refractivity contribution < 1.29 is 9.90 Å². The fourth-order valence-corrected chi connectivity index (χ4v) is 3.80. The summed E-state index contributed by atoms with van der Waals surface area (Å²) in [6.45, 7) is 6.01. The van der Waals surface area contributed by atoms with E-state index in [2.05, 4.69) is 24.2 Å². The summed E-state index contributed by atoms with van der Waals surface area (Å²) in [5.41, 5.74) is 1.28. The SMILES string of the molecule is CC(C)CC(O)C1CCN(C(=O)c2cn(Cc3ccccc3Cl)nn2)CC1. The van der Waals surface area contributed by atoms with E-state index in [4.69, 9.17) is 11.6 Å². The van der Waals surface area contributed by atoms with Gasteiger partial charge in [-0.2, -0.15) is 0 Å². The Bertz CT molecular complexity index is 769. The first kappa shape index (κ1) is 19.8. The number of carbonyl (C=O) groups is 1. The van der Waals surface area contributed by atoms with Gasteiger partial charge in [0.1, 0.15) is 0 Å². The zero-order valence-electron chi connectivity index (χ0n) is 15.9. The van der Waals surface area contributed by atoms with Crippen LogP contribution in [0, 0.1) is 11.8 Å². The second-order valence-electron chi connectivity index (χ2n) is 7.72. The number of likely N-dealkylation sites (tertiary alicyclic amines) is 1. The lowest BCUT2D eigenvalue weighted by Crippen LogP contribution is -2.41. The van der Waals surface area contributed by atoms with Gasteiger partial charge >= 0.3 is 0 Å². The van der Waals surface area contributed by atoms with Gasteiger partial charge in [0.05, 0.1) is 18.8 Å². The lowest BCUT2D eigenvalue weighted by Gasteiger charge is -2.34. The minimum Gasteiger partial charge on any atom is -0.393 e. The van der Waals surface area contributed by atoms with E-state index in [1.807, 2.05) is 29.2 Å². The molecule has 1 saturated heterocycles. The summed E-state index contributed by atoms with van der Waals surface area (Å²) in [5, 5.41) is 19.1. The van der Waals surface area contributed by atoms with Gasteiger partial charge in [-0.1, -0.05) is 48.9 Å². The molecule has 1 amide bonds. The van der Waals surface area contributed by atoms with E-state index in [1.54, 1.807) is 10.9 Å². The maximum atomic E-state index is 12.7. The van der Waals surface area contributed by atoms with Crippen molar-refractivity contribution in [3.63, 3.8) is 0 Å². The molecule has 2 heterocycles. The molecule has 1 fully saturated rings. The van der Waals surface area contributed by atoms with Crippen LogP contribution in [0.1, 0.15) is 49.2 Å². The van der Waals surface area contributed by atoms with Crippen molar-refractivity contribution in [3.8, 4) is 0 Å². The summed E-state index contributed by atoms with van der Waals surface area (Å²) in [7, 11) is 0. The van der Waals surface area contributed by atoms with Crippen molar-refractivity contribution in [3.05, 3.63) is 46.7 Å². The van der Waals surface area contributed by atoms with E-state index in [0.717, 1.165) is 24.8 Å². The lowest BCUT2D eigenvalue weighted by molar-refractivity contribution is 0.0382. The van der Waals surface area contributed by atoms with E-state index < -0.39 is 0 Å². The number of aromatic nitrogens is 3. The highest BCUT2D eigenvalue weighted by molar-refractivity contribution is 6.31. The molecule has 0 spiro atoms. The van der Waals surface area contributed by atoms with E-state index in [-0.39, 0.29) is 17.9 Å². The highest BCUT2D eigenvalue weighted by Crippen LogP contribution is 2.25. The fourth-order valence-electron chi connectivity index (χ4n) is 3.60. The van der Waals surface area contributed by atoms with Crippen LogP contribution >= 0.6 is 11.6 Å². The lowest BCUT2D eigenvalue weighted by atomic mass is 9.87. The zero-order chi connectivity index (χ0) is 19.4. The van der Waals surface area contributed by atoms with Crippen LogP contribution in [0.15, 0.2) is 30.5 Å². The highest BCUT2D eigenvalue weighted by atomic mass is 35.5. The van der Waals surface area contributed by atoms with Crippen LogP contribution in [-0.2, 0) is 6.54 Å². The predicted molar refractivity (Wildman–Crippen MR) is 105 cm³/mol. The predicted octanol–water partition coefficient (Wildman–Crippen LogP) is 3.24. The third kappa shape index (κ3) is 5.08. The summed E-state index contributed by atoms with van der Waals surface area (Å²) >= 11 is 6.18. The molecule has 0 bridgehead atoms. The summed E-state index contributed by atoms with van der Waals surface area (Å²) in [5.74, 6) is 0.650. The monoisotopic (exact) mass is 390 g/mol. The average Bonchev–Trinajstić information content (AvgIpc) is 3.11. The molecule has 1 unspecified atom stereocenters. The average molecular weight is 391 g/mol. The molecule has 1 aromatic heterocycles. The number of halogens is 1. The van der Waals surface area contributed by atoms with Gasteiger partial charge < -0.3 is 10.0 Å². The standard InChI is InChI=1S/C20H27ClN4O2/c1-14(2)11-19(26)15-7-9-24(10-8-15)20(27)18-13-25(23-22-18)12-16-5-3-4-6-17(16)21/h3-6,13-15,19,26H,7-12H2,1-2H3. The van der Waals surface area contributed by atoms with Gasteiger partial charge in [0, 0.05) is 18.1 Å². The summed E-state index contributed by atoms with van der Waals surface area (Å²) in [4.78, 5) is 14.5. The summed E-state index contributed by atoms with van der Waals surface area (Å²) in [6, 6.07) is 7.56. The molecule has 2 aromatic rings. The quantitative estimate of drug-likeness (QED) is 0.821. The van der Waals surface area contributed by atoms with E-state index in [0.29, 0.717) is 36.3 Å².